The van der Waals surface area contributed by atoms with Crippen LogP contribution in [0.3, 0.4) is 0 Å². The van der Waals surface area contributed by atoms with E-state index in [9.17, 15) is 19.2 Å². The molecule has 0 heterocycles. The van der Waals surface area contributed by atoms with Crippen molar-refractivity contribution in [3.8, 4) is 0 Å². The van der Waals surface area contributed by atoms with E-state index in [1.807, 2.05) is 13.8 Å². The Bertz CT molecular complexity index is 757. The third-order valence-corrected chi connectivity index (χ3v) is 3.43. The van der Waals surface area contributed by atoms with Crippen LogP contribution in [0.25, 0.3) is 0 Å². The summed E-state index contributed by atoms with van der Waals surface area (Å²) >= 11 is 0. The van der Waals surface area contributed by atoms with Crippen LogP contribution in [-0.4, -0.2) is 47.1 Å². The molecule has 0 aliphatic heterocycles. The van der Waals surface area contributed by atoms with Crippen LogP contribution in [-0.2, 0) is 9.59 Å². The molecule has 0 saturated heterocycles. The normalized spacial score (nSPS) is 9.50. The number of hydrogen-bond donors (Lipinski definition) is 4. The van der Waals surface area contributed by atoms with Crippen LogP contribution in [0.5, 0.6) is 0 Å². The van der Waals surface area contributed by atoms with Crippen LogP contribution in [0.4, 0.5) is 0 Å². The van der Waals surface area contributed by atoms with E-state index >= 15 is 0 Å². The van der Waals surface area contributed by atoms with E-state index < -0.39 is 11.9 Å². The van der Waals surface area contributed by atoms with Crippen molar-refractivity contribution in [1.82, 2.24) is 10.6 Å². The van der Waals surface area contributed by atoms with Crippen molar-refractivity contribution in [2.45, 2.75) is 13.8 Å². The molecule has 0 aliphatic rings. The second-order valence-corrected chi connectivity index (χ2v) is 5.88. The summed E-state index contributed by atoms with van der Waals surface area (Å²) in [5, 5.41) is 21.2. The lowest BCUT2D eigenvalue weighted by Gasteiger charge is -2.01. The van der Waals surface area contributed by atoms with Crippen LogP contribution in [0.15, 0.2) is 48.5 Å². The summed E-state index contributed by atoms with van der Waals surface area (Å²) in [6.07, 6.45) is 0. The summed E-state index contributed by atoms with van der Waals surface area (Å²) in [6, 6.07) is 13.8. The highest BCUT2D eigenvalue weighted by Gasteiger charge is 2.06. The van der Waals surface area contributed by atoms with Crippen molar-refractivity contribution >= 4 is 23.8 Å². The molecule has 2 rings (SSSR count). The summed E-state index contributed by atoms with van der Waals surface area (Å²) in [5.74, 6) is -2.84. The van der Waals surface area contributed by atoms with Gasteiger partial charge in [0.05, 0.1) is 0 Å². The van der Waals surface area contributed by atoms with E-state index in [0.717, 1.165) is 11.1 Å². The van der Waals surface area contributed by atoms with Crippen molar-refractivity contribution < 1.29 is 29.4 Å². The zero-order chi connectivity index (χ0) is 21.1. The maximum absolute atomic E-state index is 11.3. The number of amides is 2. The van der Waals surface area contributed by atoms with Gasteiger partial charge in [-0.25, -0.2) is 0 Å². The predicted molar refractivity (Wildman–Crippen MR) is 102 cm³/mol. The molecule has 148 valence electrons. The highest BCUT2D eigenvalue weighted by molar-refractivity contribution is 5.96. The van der Waals surface area contributed by atoms with Crippen molar-refractivity contribution in [2.24, 2.45) is 0 Å². The minimum atomic E-state index is -1.05. The third-order valence-electron chi connectivity index (χ3n) is 3.43. The minimum absolute atomic E-state index is 0.354. The zero-order valence-corrected chi connectivity index (χ0v) is 15.6. The monoisotopic (exact) mass is 386 g/mol. The Morgan fingerprint density at radius 2 is 0.929 bits per heavy atom. The fraction of sp³-hybridized carbons (Fsp3) is 0.200. The number of aliphatic carboxylic acids is 2. The first-order valence-corrected chi connectivity index (χ1v) is 8.32. The van der Waals surface area contributed by atoms with Gasteiger partial charge in [0.1, 0.15) is 13.1 Å². The molecule has 0 atom stereocenters. The molecule has 0 spiro atoms. The second kappa shape index (κ2) is 11.1. The Labute approximate surface area is 162 Å². The van der Waals surface area contributed by atoms with E-state index in [1.54, 1.807) is 48.5 Å². The average Bonchev–Trinajstić information content (AvgIpc) is 2.65. The standard InChI is InChI=1S/2C10H11NO3/c2*1-7-2-4-8(5-3-7)10(14)11-6-9(12)13/h2*2-5H,6H2,1H3,(H,11,14)(H,12,13). The Kier molecular flexibility index (Phi) is 8.88. The SMILES string of the molecule is Cc1ccc(C(=O)NCC(=O)O)cc1.Cc1ccc(C(=O)NCC(=O)O)cc1. The zero-order valence-electron chi connectivity index (χ0n) is 15.6. The average molecular weight is 386 g/mol. The summed E-state index contributed by atoms with van der Waals surface area (Å²) < 4.78 is 0. The molecule has 0 fully saturated rings. The first-order chi connectivity index (χ1) is 13.2. The molecular weight excluding hydrogens is 364 g/mol. The van der Waals surface area contributed by atoms with E-state index in [-0.39, 0.29) is 24.9 Å². The number of aryl methyl sites for hydroxylation is 2. The molecule has 2 aromatic rings. The molecule has 0 aliphatic carbocycles. The quantitative estimate of drug-likeness (QED) is 0.596. The van der Waals surface area contributed by atoms with Gasteiger partial charge in [-0.2, -0.15) is 0 Å². The molecule has 2 amide bonds. The molecule has 0 unspecified atom stereocenters. The summed E-state index contributed by atoms with van der Waals surface area (Å²) in [5.41, 5.74) is 3.05. The minimum Gasteiger partial charge on any atom is -0.480 e. The van der Waals surface area contributed by atoms with Gasteiger partial charge in [0.15, 0.2) is 0 Å². The van der Waals surface area contributed by atoms with Crippen molar-refractivity contribution in [3.05, 3.63) is 70.8 Å². The maximum atomic E-state index is 11.3. The summed E-state index contributed by atoms with van der Waals surface area (Å²) in [6.45, 7) is 3.12. The lowest BCUT2D eigenvalue weighted by atomic mass is 10.1. The van der Waals surface area contributed by atoms with E-state index in [0.29, 0.717) is 11.1 Å². The third kappa shape index (κ3) is 8.61. The predicted octanol–water partition coefficient (Wildman–Crippen LogP) is 1.62. The van der Waals surface area contributed by atoms with Gasteiger partial charge < -0.3 is 20.8 Å². The van der Waals surface area contributed by atoms with Gasteiger partial charge in [0.25, 0.3) is 11.8 Å². The fourth-order valence-electron chi connectivity index (χ4n) is 1.93. The Hall–Kier alpha value is -3.68. The van der Waals surface area contributed by atoms with Gasteiger partial charge in [0, 0.05) is 11.1 Å². The van der Waals surface area contributed by atoms with Gasteiger partial charge in [-0.05, 0) is 38.1 Å². The van der Waals surface area contributed by atoms with E-state index in [1.165, 1.54) is 0 Å². The molecule has 0 saturated carbocycles. The summed E-state index contributed by atoms with van der Waals surface area (Å²) in [7, 11) is 0. The van der Waals surface area contributed by atoms with Crippen LogP contribution >= 0.6 is 0 Å². The number of nitrogens with one attached hydrogen (secondary N) is 2. The number of rotatable bonds is 6. The largest absolute Gasteiger partial charge is 0.480 e. The van der Waals surface area contributed by atoms with Gasteiger partial charge in [-0.15, -0.1) is 0 Å². The second-order valence-electron chi connectivity index (χ2n) is 5.88. The molecule has 8 heteroatoms. The molecule has 8 nitrogen and oxygen atoms in total. The topological polar surface area (TPSA) is 133 Å². The van der Waals surface area contributed by atoms with Crippen molar-refractivity contribution in [3.63, 3.8) is 0 Å². The molecule has 0 bridgehead atoms. The molecule has 2 aromatic carbocycles. The number of carboxylic acids is 2. The molecule has 4 N–H and O–H groups in total. The molecular formula is C20H22N2O6. The Morgan fingerprint density at radius 1 is 0.643 bits per heavy atom. The molecule has 0 radical (unpaired) electrons. The van der Waals surface area contributed by atoms with Crippen LogP contribution in [0, 0.1) is 13.8 Å². The van der Waals surface area contributed by atoms with Crippen molar-refractivity contribution in [2.75, 3.05) is 13.1 Å². The first kappa shape index (κ1) is 22.4. The van der Waals surface area contributed by atoms with Crippen LogP contribution < -0.4 is 10.6 Å². The van der Waals surface area contributed by atoms with Gasteiger partial charge >= 0.3 is 11.9 Å². The van der Waals surface area contributed by atoms with Crippen LogP contribution in [0.1, 0.15) is 31.8 Å². The van der Waals surface area contributed by atoms with E-state index in [2.05, 4.69) is 10.6 Å². The maximum Gasteiger partial charge on any atom is 0.322 e. The Morgan fingerprint density at radius 3 is 1.18 bits per heavy atom. The van der Waals surface area contributed by atoms with Gasteiger partial charge in [0.2, 0.25) is 0 Å². The lowest BCUT2D eigenvalue weighted by molar-refractivity contribution is -0.136. The van der Waals surface area contributed by atoms with E-state index in [4.69, 9.17) is 10.2 Å². The fourth-order valence-corrected chi connectivity index (χ4v) is 1.93. The number of carbonyl (C=O) groups excluding carboxylic acids is 2. The van der Waals surface area contributed by atoms with Gasteiger partial charge in [-0.3, -0.25) is 19.2 Å². The number of carboxylic acid groups (broad SMARTS) is 2. The van der Waals surface area contributed by atoms with Crippen LogP contribution in [0.2, 0.25) is 0 Å². The lowest BCUT2D eigenvalue weighted by Crippen LogP contribution is -2.29. The number of benzene rings is 2. The highest BCUT2D eigenvalue weighted by Crippen LogP contribution is 2.03. The number of hydrogen-bond acceptors (Lipinski definition) is 4. The molecule has 0 aromatic heterocycles. The molecule has 28 heavy (non-hydrogen) atoms. The highest BCUT2D eigenvalue weighted by atomic mass is 16.4. The smallest absolute Gasteiger partial charge is 0.322 e. The first-order valence-electron chi connectivity index (χ1n) is 8.32. The van der Waals surface area contributed by atoms with Gasteiger partial charge in [-0.1, -0.05) is 35.4 Å². The summed E-state index contributed by atoms with van der Waals surface area (Å²) in [4.78, 5) is 42.9. The Balaban J connectivity index is 0.000000280. The van der Waals surface area contributed by atoms with Crippen molar-refractivity contribution in [1.29, 1.82) is 0 Å². The number of carbonyl (C=O) groups is 4.